The van der Waals surface area contributed by atoms with Gasteiger partial charge in [0, 0.05) is 38.8 Å². The second kappa shape index (κ2) is 3.73. The van der Waals surface area contributed by atoms with Gasteiger partial charge in [-0.15, -0.1) is 0 Å². The van der Waals surface area contributed by atoms with E-state index in [1.165, 1.54) is 19.4 Å². The van der Waals surface area contributed by atoms with E-state index >= 15 is 0 Å². The van der Waals surface area contributed by atoms with E-state index in [1.807, 2.05) is 0 Å². The molecule has 3 heteroatoms. The van der Waals surface area contributed by atoms with Crippen LogP contribution in [0, 0.1) is 5.92 Å². The van der Waals surface area contributed by atoms with Crippen LogP contribution in [-0.2, 0) is 0 Å². The Labute approximate surface area is 73.8 Å². The second-order valence-electron chi connectivity index (χ2n) is 3.98. The molecule has 2 fully saturated rings. The number of nitrogens with zero attached hydrogens (tertiary/aromatic N) is 1. The molecule has 3 nitrogen and oxygen atoms in total. The van der Waals surface area contributed by atoms with Crippen molar-refractivity contribution in [1.82, 2.24) is 10.2 Å². The van der Waals surface area contributed by atoms with E-state index in [0.717, 1.165) is 25.7 Å². The molecule has 0 aliphatic carbocycles. The first-order chi connectivity index (χ1) is 5.90. The quantitative estimate of drug-likeness (QED) is 0.565. The molecule has 2 aliphatic rings. The summed E-state index contributed by atoms with van der Waals surface area (Å²) in [5.74, 6) is 0.541. The summed E-state index contributed by atoms with van der Waals surface area (Å²) in [6.45, 7) is 4.92. The molecule has 0 bridgehead atoms. The first-order valence-electron chi connectivity index (χ1n) is 4.96. The molecule has 70 valence electrons. The van der Waals surface area contributed by atoms with Gasteiger partial charge in [0.1, 0.15) is 0 Å². The molecular weight excluding hydrogens is 152 g/mol. The Bertz CT molecular complexity index is 151. The van der Waals surface area contributed by atoms with Crippen LogP contribution in [0.25, 0.3) is 0 Å². The zero-order valence-corrected chi connectivity index (χ0v) is 7.50. The molecule has 12 heavy (non-hydrogen) atoms. The molecule has 0 aromatic carbocycles. The van der Waals surface area contributed by atoms with Crippen molar-refractivity contribution < 1.29 is 5.11 Å². The van der Waals surface area contributed by atoms with Crippen LogP contribution in [0.15, 0.2) is 0 Å². The van der Waals surface area contributed by atoms with E-state index in [2.05, 4.69) is 10.2 Å². The Kier molecular flexibility index (Phi) is 2.63. The zero-order chi connectivity index (χ0) is 8.39. The molecular formula is C9H18N2O. The van der Waals surface area contributed by atoms with Crippen LogP contribution >= 0.6 is 0 Å². The van der Waals surface area contributed by atoms with Crippen LogP contribution in [-0.4, -0.2) is 48.8 Å². The lowest BCUT2D eigenvalue weighted by Crippen LogP contribution is -2.55. The Hall–Kier alpha value is -0.120. The number of rotatable bonds is 1. The van der Waals surface area contributed by atoms with Crippen molar-refractivity contribution in [1.29, 1.82) is 0 Å². The number of aliphatic hydroxyl groups excluding tert-OH is 1. The third-order valence-electron chi connectivity index (χ3n) is 3.13. The van der Waals surface area contributed by atoms with Crippen molar-refractivity contribution in [3.05, 3.63) is 0 Å². The molecule has 2 saturated heterocycles. The number of fused-ring (bicyclic) bond motifs is 1. The highest BCUT2D eigenvalue weighted by Crippen LogP contribution is 2.22. The summed E-state index contributed by atoms with van der Waals surface area (Å²) < 4.78 is 0. The zero-order valence-electron chi connectivity index (χ0n) is 7.50. The Morgan fingerprint density at radius 2 is 2.33 bits per heavy atom. The smallest absolute Gasteiger partial charge is 0.0471 e. The van der Waals surface area contributed by atoms with E-state index in [9.17, 15) is 0 Å². The first kappa shape index (κ1) is 8.48. The fourth-order valence-corrected chi connectivity index (χ4v) is 2.33. The van der Waals surface area contributed by atoms with Gasteiger partial charge >= 0.3 is 0 Å². The topological polar surface area (TPSA) is 35.5 Å². The minimum absolute atomic E-state index is 0.372. The van der Waals surface area contributed by atoms with Gasteiger partial charge < -0.3 is 10.4 Å². The fraction of sp³-hybridized carbons (Fsp3) is 1.00. The molecule has 0 radical (unpaired) electrons. The van der Waals surface area contributed by atoms with E-state index in [0.29, 0.717) is 12.5 Å². The number of aliphatic hydroxyl groups is 1. The standard InChI is InChI=1S/C9H18N2O/c12-7-8-1-2-9-5-10-3-4-11(9)6-8/h8-10,12H,1-7H2. The Morgan fingerprint density at radius 3 is 3.17 bits per heavy atom. The lowest BCUT2D eigenvalue weighted by atomic mass is 9.92. The molecule has 2 rings (SSSR count). The second-order valence-corrected chi connectivity index (χ2v) is 3.98. The fourth-order valence-electron chi connectivity index (χ4n) is 2.33. The van der Waals surface area contributed by atoms with E-state index in [1.54, 1.807) is 0 Å². The number of hydrogen-bond donors (Lipinski definition) is 2. The van der Waals surface area contributed by atoms with Gasteiger partial charge in [0.05, 0.1) is 0 Å². The molecule has 0 amide bonds. The highest BCUT2D eigenvalue weighted by atomic mass is 16.3. The summed E-state index contributed by atoms with van der Waals surface area (Å²) in [7, 11) is 0. The number of hydrogen-bond acceptors (Lipinski definition) is 3. The molecule has 0 aromatic rings. The minimum atomic E-state index is 0.372. The summed E-state index contributed by atoms with van der Waals surface area (Å²) in [5.41, 5.74) is 0. The monoisotopic (exact) mass is 170 g/mol. The number of nitrogens with one attached hydrogen (secondary N) is 1. The van der Waals surface area contributed by atoms with Crippen LogP contribution in [0.4, 0.5) is 0 Å². The van der Waals surface area contributed by atoms with Crippen molar-refractivity contribution in [2.75, 3.05) is 32.8 Å². The van der Waals surface area contributed by atoms with Gasteiger partial charge in [0.15, 0.2) is 0 Å². The van der Waals surface area contributed by atoms with E-state index < -0.39 is 0 Å². The van der Waals surface area contributed by atoms with Crippen molar-refractivity contribution in [2.45, 2.75) is 18.9 Å². The molecule has 2 atom stereocenters. The lowest BCUT2D eigenvalue weighted by Gasteiger charge is -2.42. The van der Waals surface area contributed by atoms with Crippen LogP contribution in [0.2, 0.25) is 0 Å². The number of piperidine rings is 1. The predicted octanol–water partition coefficient (Wildman–Crippen LogP) is -0.337. The molecule has 0 aromatic heterocycles. The summed E-state index contributed by atoms with van der Waals surface area (Å²) >= 11 is 0. The summed E-state index contributed by atoms with van der Waals surface area (Å²) in [4.78, 5) is 2.53. The maximum absolute atomic E-state index is 9.04. The van der Waals surface area contributed by atoms with Gasteiger partial charge in [-0.3, -0.25) is 4.90 Å². The largest absolute Gasteiger partial charge is 0.396 e. The maximum Gasteiger partial charge on any atom is 0.0471 e. The molecule has 2 heterocycles. The average molecular weight is 170 g/mol. The SMILES string of the molecule is OCC1CCC2CNCCN2C1. The Morgan fingerprint density at radius 1 is 1.42 bits per heavy atom. The highest BCUT2D eigenvalue weighted by molar-refractivity contribution is 4.86. The summed E-state index contributed by atoms with van der Waals surface area (Å²) in [6.07, 6.45) is 2.47. The molecule has 2 aliphatic heterocycles. The maximum atomic E-state index is 9.04. The first-order valence-corrected chi connectivity index (χ1v) is 4.96. The summed E-state index contributed by atoms with van der Waals surface area (Å²) in [5, 5.41) is 12.5. The molecule has 0 saturated carbocycles. The van der Waals surface area contributed by atoms with Crippen LogP contribution in [0.5, 0.6) is 0 Å². The molecule has 2 unspecified atom stereocenters. The molecule has 0 spiro atoms. The minimum Gasteiger partial charge on any atom is -0.396 e. The van der Waals surface area contributed by atoms with Gasteiger partial charge in [-0.1, -0.05) is 0 Å². The van der Waals surface area contributed by atoms with Crippen molar-refractivity contribution >= 4 is 0 Å². The van der Waals surface area contributed by atoms with Crippen LogP contribution < -0.4 is 5.32 Å². The van der Waals surface area contributed by atoms with Crippen molar-refractivity contribution in [3.63, 3.8) is 0 Å². The van der Waals surface area contributed by atoms with E-state index in [4.69, 9.17) is 5.11 Å². The van der Waals surface area contributed by atoms with Gasteiger partial charge in [-0.05, 0) is 18.8 Å². The van der Waals surface area contributed by atoms with Crippen LogP contribution in [0.1, 0.15) is 12.8 Å². The predicted molar refractivity (Wildman–Crippen MR) is 48.0 cm³/mol. The normalized spacial score (nSPS) is 37.8. The Balaban J connectivity index is 1.90. The molecule has 2 N–H and O–H groups in total. The van der Waals surface area contributed by atoms with Gasteiger partial charge in [-0.2, -0.15) is 0 Å². The van der Waals surface area contributed by atoms with Gasteiger partial charge in [-0.25, -0.2) is 0 Å². The average Bonchev–Trinajstić information content (AvgIpc) is 2.17. The van der Waals surface area contributed by atoms with Crippen LogP contribution in [0.3, 0.4) is 0 Å². The number of piperazine rings is 1. The van der Waals surface area contributed by atoms with Gasteiger partial charge in [0.25, 0.3) is 0 Å². The highest BCUT2D eigenvalue weighted by Gasteiger charge is 2.29. The van der Waals surface area contributed by atoms with Gasteiger partial charge in [0.2, 0.25) is 0 Å². The third kappa shape index (κ3) is 1.63. The lowest BCUT2D eigenvalue weighted by molar-refractivity contribution is 0.0599. The van der Waals surface area contributed by atoms with E-state index in [-0.39, 0.29) is 0 Å². The summed E-state index contributed by atoms with van der Waals surface area (Å²) in [6, 6.07) is 0.751. The van der Waals surface area contributed by atoms with Crippen molar-refractivity contribution in [2.24, 2.45) is 5.92 Å². The third-order valence-corrected chi connectivity index (χ3v) is 3.13. The van der Waals surface area contributed by atoms with Crippen molar-refractivity contribution in [3.8, 4) is 0 Å².